The number of nitrogens with one attached hydrogen (secondary N) is 1. The van der Waals surface area contributed by atoms with Crippen LogP contribution in [-0.2, 0) is 25.0 Å². The Morgan fingerprint density at radius 2 is 2.00 bits per heavy atom. The van der Waals surface area contributed by atoms with E-state index in [-0.39, 0.29) is 0 Å². The molecule has 1 aromatic carbocycles. The third-order valence-corrected chi connectivity index (χ3v) is 4.25. The molecule has 11 heteroatoms. The van der Waals surface area contributed by atoms with Gasteiger partial charge in [0.1, 0.15) is 5.82 Å². The van der Waals surface area contributed by atoms with Gasteiger partial charge < -0.3 is 4.57 Å². The molecule has 0 spiro atoms. The number of aromatic nitrogens is 7. The Balaban J connectivity index is 1.56. The minimum Gasteiger partial charge on any atom is -0.306 e. The lowest BCUT2D eigenvalue weighted by atomic mass is 10.1. The van der Waals surface area contributed by atoms with Crippen LogP contribution in [0.15, 0.2) is 24.3 Å². The van der Waals surface area contributed by atoms with Gasteiger partial charge in [-0.1, -0.05) is 24.3 Å². The van der Waals surface area contributed by atoms with Crippen molar-refractivity contribution >= 4 is 11.6 Å². The molecule has 3 heterocycles. The largest absolute Gasteiger partial charge is 0.381 e. The van der Waals surface area contributed by atoms with E-state index in [4.69, 9.17) is 11.6 Å². The number of fused-ring (bicyclic) bond motifs is 1. The maximum absolute atomic E-state index is 13.3. The van der Waals surface area contributed by atoms with E-state index in [0.717, 1.165) is 11.1 Å². The van der Waals surface area contributed by atoms with E-state index in [1.54, 1.807) is 0 Å². The molecule has 8 nitrogen and oxygen atoms in total. The standard InChI is InChI=1S/C14H13ClF2N8/c15-14(16,17)13-21-18-11-8-24(5-6-25(11)13)7-9-3-1-2-4-10(9)12-19-22-23-20-12/h1-4H,5-8H2,(H,19,20,22,23). The third-order valence-electron chi connectivity index (χ3n) is 4.08. The Morgan fingerprint density at radius 1 is 1.16 bits per heavy atom. The monoisotopic (exact) mass is 366 g/mol. The predicted molar refractivity (Wildman–Crippen MR) is 83.5 cm³/mol. The molecule has 1 N–H and O–H groups in total. The van der Waals surface area contributed by atoms with Crippen LogP contribution >= 0.6 is 11.6 Å². The molecule has 1 aliphatic rings. The summed E-state index contributed by atoms with van der Waals surface area (Å²) in [7, 11) is 0. The molecule has 0 bridgehead atoms. The smallest absolute Gasteiger partial charge is 0.306 e. The number of rotatable bonds is 4. The van der Waals surface area contributed by atoms with Crippen LogP contribution in [-0.4, -0.2) is 46.8 Å². The molecule has 2 aromatic heterocycles. The second-order valence-corrected chi connectivity index (χ2v) is 6.17. The van der Waals surface area contributed by atoms with Crippen molar-refractivity contribution in [2.45, 2.75) is 25.0 Å². The number of benzene rings is 1. The summed E-state index contributed by atoms with van der Waals surface area (Å²) in [6, 6.07) is 7.72. The molecule has 0 saturated carbocycles. The fourth-order valence-corrected chi connectivity index (χ4v) is 3.09. The molecule has 3 aromatic rings. The van der Waals surface area contributed by atoms with Crippen molar-refractivity contribution in [2.75, 3.05) is 6.54 Å². The maximum atomic E-state index is 13.3. The number of halogens is 3. The molecule has 0 radical (unpaired) electrons. The summed E-state index contributed by atoms with van der Waals surface area (Å²) in [5.41, 5.74) is 1.89. The molecular formula is C14H13ClF2N8. The van der Waals surface area contributed by atoms with Crippen molar-refractivity contribution in [1.82, 2.24) is 40.3 Å². The van der Waals surface area contributed by atoms with Gasteiger partial charge in [-0.05, 0) is 22.4 Å². The van der Waals surface area contributed by atoms with Gasteiger partial charge in [0.2, 0.25) is 11.6 Å². The molecule has 0 aliphatic carbocycles. The lowest BCUT2D eigenvalue weighted by molar-refractivity contribution is 0.0761. The molecule has 4 rings (SSSR count). The minimum atomic E-state index is -3.52. The van der Waals surface area contributed by atoms with Crippen molar-refractivity contribution in [2.24, 2.45) is 0 Å². The Morgan fingerprint density at radius 3 is 2.76 bits per heavy atom. The highest BCUT2D eigenvalue weighted by Gasteiger charge is 2.37. The van der Waals surface area contributed by atoms with E-state index >= 15 is 0 Å². The van der Waals surface area contributed by atoms with E-state index < -0.39 is 11.2 Å². The summed E-state index contributed by atoms with van der Waals surface area (Å²) in [6.45, 7) is 1.93. The summed E-state index contributed by atoms with van der Waals surface area (Å²) >= 11 is 5.09. The van der Waals surface area contributed by atoms with Crippen LogP contribution in [0.3, 0.4) is 0 Å². The van der Waals surface area contributed by atoms with E-state index in [2.05, 4.69) is 35.7 Å². The zero-order valence-corrected chi connectivity index (χ0v) is 13.7. The fourth-order valence-electron chi connectivity index (χ4n) is 2.95. The third kappa shape index (κ3) is 3.10. The first kappa shape index (κ1) is 16.0. The summed E-state index contributed by atoms with van der Waals surface area (Å²) in [5, 5.41) is 17.9. The second-order valence-electron chi connectivity index (χ2n) is 5.69. The summed E-state index contributed by atoms with van der Waals surface area (Å²) in [4.78, 5) is 2.10. The normalized spacial score (nSPS) is 15.3. The summed E-state index contributed by atoms with van der Waals surface area (Å²) < 4.78 is 28.1. The summed E-state index contributed by atoms with van der Waals surface area (Å²) in [6.07, 6.45) is 0. The number of tetrazole rings is 1. The average molecular weight is 367 g/mol. The van der Waals surface area contributed by atoms with Gasteiger partial charge >= 0.3 is 5.38 Å². The molecule has 0 fully saturated rings. The zero-order valence-electron chi connectivity index (χ0n) is 12.9. The van der Waals surface area contributed by atoms with Crippen molar-refractivity contribution < 1.29 is 8.78 Å². The fraction of sp³-hybridized carbons (Fsp3) is 0.357. The molecule has 1 aliphatic heterocycles. The van der Waals surface area contributed by atoms with Crippen LogP contribution < -0.4 is 0 Å². The predicted octanol–water partition coefficient (Wildman–Crippen LogP) is 1.76. The van der Waals surface area contributed by atoms with E-state index in [9.17, 15) is 8.78 Å². The van der Waals surface area contributed by atoms with Gasteiger partial charge in [-0.2, -0.15) is 14.0 Å². The molecule has 0 unspecified atom stereocenters. The van der Waals surface area contributed by atoms with Gasteiger partial charge in [-0.3, -0.25) is 4.90 Å². The first-order valence-corrected chi connectivity index (χ1v) is 7.93. The average Bonchev–Trinajstić information content (AvgIpc) is 3.24. The molecule has 0 saturated heterocycles. The van der Waals surface area contributed by atoms with E-state index in [1.165, 1.54) is 4.57 Å². The highest BCUT2D eigenvalue weighted by atomic mass is 35.5. The highest BCUT2D eigenvalue weighted by Crippen LogP contribution is 2.32. The van der Waals surface area contributed by atoms with Crippen molar-refractivity contribution in [3.63, 3.8) is 0 Å². The molecule has 130 valence electrons. The first-order chi connectivity index (χ1) is 12.0. The van der Waals surface area contributed by atoms with Crippen LogP contribution in [0, 0.1) is 0 Å². The summed E-state index contributed by atoms with van der Waals surface area (Å²) in [5.74, 6) is 0.481. The lowest BCUT2D eigenvalue weighted by Gasteiger charge is -2.28. The number of hydrogen-bond donors (Lipinski definition) is 1. The number of nitrogens with zero attached hydrogens (tertiary/aromatic N) is 7. The van der Waals surface area contributed by atoms with Crippen molar-refractivity contribution in [3.8, 4) is 11.4 Å². The number of H-pyrrole nitrogens is 1. The highest BCUT2D eigenvalue weighted by molar-refractivity contribution is 6.21. The van der Waals surface area contributed by atoms with E-state index in [1.807, 2.05) is 24.3 Å². The molecule has 0 atom stereocenters. The maximum Gasteiger partial charge on any atom is 0.381 e. The van der Waals surface area contributed by atoms with Gasteiger partial charge in [0.15, 0.2) is 0 Å². The van der Waals surface area contributed by atoms with Crippen LogP contribution in [0.1, 0.15) is 17.2 Å². The van der Waals surface area contributed by atoms with Crippen LogP contribution in [0.5, 0.6) is 0 Å². The van der Waals surface area contributed by atoms with Gasteiger partial charge in [0.05, 0.1) is 6.54 Å². The molecule has 25 heavy (non-hydrogen) atoms. The Hall–Kier alpha value is -2.46. The van der Waals surface area contributed by atoms with Gasteiger partial charge in [0.25, 0.3) is 0 Å². The van der Waals surface area contributed by atoms with Crippen molar-refractivity contribution in [3.05, 3.63) is 41.5 Å². The lowest BCUT2D eigenvalue weighted by Crippen LogP contribution is -2.35. The van der Waals surface area contributed by atoms with Gasteiger partial charge in [-0.25, -0.2) is 0 Å². The first-order valence-electron chi connectivity index (χ1n) is 7.56. The number of hydrogen-bond acceptors (Lipinski definition) is 6. The molecule has 0 amide bonds. The van der Waals surface area contributed by atoms with E-state index in [0.29, 0.717) is 37.8 Å². The zero-order chi connectivity index (χ0) is 17.4. The Kier molecular flexibility index (Phi) is 3.92. The SMILES string of the molecule is FC(F)(Cl)c1nnc2n1CCN(Cc1ccccc1-c1nn[nH]n1)C2. The van der Waals surface area contributed by atoms with Crippen LogP contribution in [0.4, 0.5) is 8.78 Å². The van der Waals surface area contributed by atoms with Gasteiger partial charge in [0, 0.05) is 25.2 Å². The number of alkyl halides is 3. The minimum absolute atomic E-state index is 0.352. The van der Waals surface area contributed by atoms with Crippen molar-refractivity contribution in [1.29, 1.82) is 0 Å². The van der Waals surface area contributed by atoms with Crippen LogP contribution in [0.25, 0.3) is 11.4 Å². The van der Waals surface area contributed by atoms with Gasteiger partial charge in [-0.15, -0.1) is 20.4 Å². The topological polar surface area (TPSA) is 88.4 Å². The van der Waals surface area contributed by atoms with Crippen LogP contribution in [0.2, 0.25) is 0 Å². The second kappa shape index (κ2) is 6.12. The quantitative estimate of drug-likeness (QED) is 0.708. The Labute approximate surface area is 145 Å². The number of aromatic amines is 1. The Bertz CT molecular complexity index is 873. The molecular weight excluding hydrogens is 354 g/mol.